The third kappa shape index (κ3) is 5.01. The topological polar surface area (TPSA) is 73.8 Å². The molecule has 0 atom stereocenters. The molecule has 4 nitrogen and oxygen atoms in total. The molecule has 0 amide bonds. The molecule has 258 valence electrons. The number of hydrogen-bond acceptors (Lipinski definition) is 4. The molecule has 0 aliphatic heterocycles. The van der Waals surface area contributed by atoms with E-state index in [0.29, 0.717) is 22.2 Å². The van der Waals surface area contributed by atoms with Crippen molar-refractivity contribution in [2.24, 2.45) is 0 Å². The highest BCUT2D eigenvalue weighted by atomic mass is 16.3. The van der Waals surface area contributed by atoms with Crippen LogP contribution in [-0.2, 0) is 0 Å². The van der Waals surface area contributed by atoms with Crippen molar-refractivity contribution >= 4 is 51.9 Å². The van der Waals surface area contributed by atoms with Gasteiger partial charge in [0.2, 0.25) is 0 Å². The zero-order valence-electron chi connectivity index (χ0n) is 29.9. The third-order valence-electron chi connectivity index (χ3n) is 10.7. The summed E-state index contributed by atoms with van der Waals surface area (Å²) in [5.74, 6) is 0.0197. The van der Waals surface area contributed by atoms with Gasteiger partial charge in [-0.15, -0.1) is 0 Å². The maximum absolute atomic E-state index is 12.0. The van der Waals surface area contributed by atoms with E-state index in [-0.39, 0.29) is 22.8 Å². The fourth-order valence-electron chi connectivity index (χ4n) is 8.17. The molecule has 1 aromatic heterocycles. The maximum atomic E-state index is 12.0. The van der Waals surface area contributed by atoms with Gasteiger partial charge >= 0.3 is 0 Å². The maximum Gasteiger partial charge on any atom is 0.169 e. The van der Waals surface area contributed by atoms with Gasteiger partial charge in [0.25, 0.3) is 0 Å². The number of hydrogen-bond donors (Lipinski definition) is 3. The minimum Gasteiger partial charge on any atom is -0.508 e. The Morgan fingerprint density at radius 1 is 0.519 bits per heavy atom. The summed E-state index contributed by atoms with van der Waals surface area (Å²) < 4.78 is 6.66. The number of aryl methyl sites for hydroxylation is 1. The quantitative estimate of drug-likeness (QED) is 0.0699. The number of phenols is 3. The van der Waals surface area contributed by atoms with E-state index in [1.165, 1.54) is 0 Å². The summed E-state index contributed by atoms with van der Waals surface area (Å²) in [6.07, 6.45) is 1.88. The van der Waals surface area contributed by atoms with Gasteiger partial charge in [-0.25, -0.2) is 0 Å². The Labute approximate surface area is 313 Å². The number of benzene rings is 8. The monoisotopic (exact) mass is 698 g/mol. The van der Waals surface area contributed by atoms with Gasteiger partial charge in [0.1, 0.15) is 24.9 Å². The molecule has 0 aliphatic carbocycles. The van der Waals surface area contributed by atoms with Crippen molar-refractivity contribution < 1.29 is 19.7 Å². The largest absolute Gasteiger partial charge is 0.508 e. The summed E-state index contributed by atoms with van der Waals surface area (Å²) in [6, 6.07) is 48.3. The molecule has 0 bridgehead atoms. The van der Waals surface area contributed by atoms with Crippen LogP contribution in [0.1, 0.15) is 11.1 Å². The van der Waals surface area contributed by atoms with Gasteiger partial charge in [-0.1, -0.05) is 146 Å². The van der Waals surface area contributed by atoms with E-state index in [2.05, 4.69) is 68.1 Å². The highest BCUT2D eigenvalue weighted by Crippen LogP contribution is 2.53. The van der Waals surface area contributed by atoms with Crippen LogP contribution in [0, 0.1) is 6.92 Å². The summed E-state index contributed by atoms with van der Waals surface area (Å²) in [7, 11) is 1.79. The molecule has 9 aromatic rings. The van der Waals surface area contributed by atoms with Crippen LogP contribution < -0.4 is 5.46 Å². The second-order valence-corrected chi connectivity index (χ2v) is 13.8. The Kier molecular flexibility index (Phi) is 7.86. The van der Waals surface area contributed by atoms with Crippen LogP contribution >= 0.6 is 0 Å². The molecule has 0 spiro atoms. The number of aromatic hydroxyl groups is 3. The van der Waals surface area contributed by atoms with Gasteiger partial charge < -0.3 is 19.7 Å². The second-order valence-electron chi connectivity index (χ2n) is 13.8. The first-order chi connectivity index (χ1) is 26.4. The Bertz CT molecular complexity index is 2910. The van der Waals surface area contributed by atoms with E-state index in [0.717, 1.165) is 77.2 Å². The predicted molar refractivity (Wildman–Crippen MR) is 226 cm³/mol. The molecule has 8 aromatic carbocycles. The number of fused-ring (bicyclic) bond motifs is 3. The fourth-order valence-corrected chi connectivity index (χ4v) is 8.17. The first-order valence-electron chi connectivity index (χ1n) is 18.0. The van der Waals surface area contributed by atoms with Crippen LogP contribution in [0.2, 0.25) is 0 Å². The van der Waals surface area contributed by atoms with Crippen molar-refractivity contribution in [3.8, 4) is 73.1 Å². The fraction of sp³-hybridized carbons (Fsp3) is 0.0204. The second kappa shape index (κ2) is 12.9. The highest BCUT2D eigenvalue weighted by Gasteiger charge is 2.28. The number of rotatable bonds is 6. The molecule has 9 rings (SSSR count). The Balaban J connectivity index is 1.43. The highest BCUT2D eigenvalue weighted by molar-refractivity contribution is 6.41. The molecular formula is C49H35BO4. The van der Waals surface area contributed by atoms with Gasteiger partial charge in [0, 0.05) is 27.6 Å². The molecule has 0 fully saturated rings. The van der Waals surface area contributed by atoms with E-state index in [9.17, 15) is 15.3 Å². The molecule has 0 saturated carbocycles. The van der Waals surface area contributed by atoms with E-state index < -0.39 is 0 Å². The predicted octanol–water partition coefficient (Wildman–Crippen LogP) is 11.4. The SMILES string of the molecule is Bc1c(O)c(-c2ccccc2)c(O)c(O)c1-c1c2ccccc2c(-c2cccc3oc(-c4ccccc4C)c(C=C)c23)c2ccc(-c3ccccc3)cc12. The van der Waals surface area contributed by atoms with Gasteiger partial charge in [-0.05, 0) is 79.4 Å². The lowest BCUT2D eigenvalue weighted by Gasteiger charge is -2.23. The standard InChI is InChI=1S/C49H35BO4/c1-3-32-42-37(23-14-24-39(42)54-49(32)33-20-11-10-15-28(33)2)41-34-21-12-13-22-35(34)43(38-27-31(25-26-36(38)41)29-16-6-4-7-17-29)44-45(50)46(51)40(47(52)48(44)53)30-18-8-5-9-19-30/h3-27,51-53H,1,50H2,2H3. The average molecular weight is 699 g/mol. The summed E-state index contributed by atoms with van der Waals surface area (Å²) in [4.78, 5) is 0. The molecule has 1 heterocycles. The first kappa shape index (κ1) is 32.9. The summed E-state index contributed by atoms with van der Waals surface area (Å²) in [5.41, 5.74) is 10.1. The third-order valence-corrected chi connectivity index (χ3v) is 10.7. The van der Waals surface area contributed by atoms with Gasteiger partial charge in [-0.2, -0.15) is 0 Å². The zero-order valence-corrected chi connectivity index (χ0v) is 29.9. The lowest BCUT2D eigenvalue weighted by molar-refractivity contribution is 0.401. The van der Waals surface area contributed by atoms with Gasteiger partial charge in [-0.3, -0.25) is 0 Å². The minimum absolute atomic E-state index is 0.0884. The van der Waals surface area contributed by atoms with Crippen molar-refractivity contribution in [1.82, 2.24) is 0 Å². The molecule has 0 radical (unpaired) electrons. The van der Waals surface area contributed by atoms with Gasteiger partial charge in [0.05, 0.1) is 5.56 Å². The van der Waals surface area contributed by atoms with Crippen LogP contribution in [0.15, 0.2) is 157 Å². The van der Waals surface area contributed by atoms with Crippen LogP contribution in [0.4, 0.5) is 0 Å². The normalized spacial score (nSPS) is 11.4. The van der Waals surface area contributed by atoms with Gasteiger partial charge in [0.15, 0.2) is 11.5 Å². The molecular weight excluding hydrogens is 663 g/mol. The van der Waals surface area contributed by atoms with E-state index >= 15 is 0 Å². The summed E-state index contributed by atoms with van der Waals surface area (Å²) >= 11 is 0. The molecule has 0 unspecified atom stereocenters. The molecule has 5 heteroatoms. The molecule has 3 N–H and O–H groups in total. The Hall–Kier alpha value is -6.98. The lowest BCUT2D eigenvalue weighted by atomic mass is 9.77. The summed E-state index contributed by atoms with van der Waals surface area (Å²) in [6.45, 7) is 6.34. The van der Waals surface area contributed by atoms with Crippen molar-refractivity contribution in [1.29, 1.82) is 0 Å². The number of furan rings is 1. The van der Waals surface area contributed by atoms with Crippen molar-refractivity contribution in [3.05, 3.63) is 163 Å². The average Bonchev–Trinajstić information content (AvgIpc) is 3.60. The summed E-state index contributed by atoms with van der Waals surface area (Å²) in [5, 5.41) is 40.1. The van der Waals surface area contributed by atoms with Crippen molar-refractivity contribution in [2.75, 3.05) is 0 Å². The van der Waals surface area contributed by atoms with E-state index in [1.807, 2.05) is 84.9 Å². The Morgan fingerprint density at radius 3 is 1.81 bits per heavy atom. The van der Waals surface area contributed by atoms with E-state index in [4.69, 9.17) is 4.42 Å². The zero-order chi connectivity index (χ0) is 37.1. The van der Waals surface area contributed by atoms with Crippen LogP contribution in [-0.4, -0.2) is 23.2 Å². The van der Waals surface area contributed by atoms with Crippen LogP contribution in [0.25, 0.3) is 94.4 Å². The number of phenolic OH excluding ortho intramolecular Hbond substituents is 3. The molecule has 0 saturated heterocycles. The van der Waals surface area contributed by atoms with Crippen molar-refractivity contribution in [2.45, 2.75) is 6.92 Å². The minimum atomic E-state index is -0.373. The van der Waals surface area contributed by atoms with Crippen molar-refractivity contribution in [3.63, 3.8) is 0 Å². The van der Waals surface area contributed by atoms with Crippen LogP contribution in [0.3, 0.4) is 0 Å². The first-order valence-corrected chi connectivity index (χ1v) is 18.0. The molecule has 54 heavy (non-hydrogen) atoms. The van der Waals surface area contributed by atoms with Crippen LogP contribution in [0.5, 0.6) is 17.2 Å². The Morgan fingerprint density at radius 2 is 1.11 bits per heavy atom. The lowest BCUT2D eigenvalue weighted by Crippen LogP contribution is -2.10. The molecule has 0 aliphatic rings. The smallest absolute Gasteiger partial charge is 0.169 e. The van der Waals surface area contributed by atoms with E-state index in [1.54, 1.807) is 20.0 Å².